The summed E-state index contributed by atoms with van der Waals surface area (Å²) in [5.41, 5.74) is 1.19. The van der Waals surface area contributed by atoms with Gasteiger partial charge in [0.1, 0.15) is 11.5 Å². The van der Waals surface area contributed by atoms with Gasteiger partial charge in [-0.25, -0.2) is 0 Å². The van der Waals surface area contributed by atoms with E-state index in [0.717, 1.165) is 40.7 Å². The molecule has 1 fully saturated rings. The van der Waals surface area contributed by atoms with Gasteiger partial charge in [0.25, 0.3) is 0 Å². The van der Waals surface area contributed by atoms with Gasteiger partial charge in [0.05, 0.1) is 18.7 Å². The van der Waals surface area contributed by atoms with Crippen LogP contribution in [-0.2, 0) is 5.75 Å². The van der Waals surface area contributed by atoms with E-state index in [9.17, 15) is 0 Å². The maximum absolute atomic E-state index is 5.41. The molecule has 3 nitrogen and oxygen atoms in total. The van der Waals surface area contributed by atoms with E-state index in [0.29, 0.717) is 0 Å². The lowest BCUT2D eigenvalue weighted by molar-refractivity contribution is 0.385. The maximum atomic E-state index is 5.41. The molecule has 100 valence electrons. The second-order valence-corrected chi connectivity index (χ2v) is 6.22. The Bertz CT molecular complexity index is 410. The predicted molar refractivity (Wildman–Crippen MR) is 79.8 cm³/mol. The Balaban J connectivity index is 1.99. The second-order valence-electron chi connectivity index (χ2n) is 4.34. The van der Waals surface area contributed by atoms with Gasteiger partial charge in [-0.1, -0.05) is 0 Å². The van der Waals surface area contributed by atoms with E-state index in [-0.39, 0.29) is 0 Å². The number of methoxy groups -OCH3 is 2. The summed E-state index contributed by atoms with van der Waals surface area (Å²) in [6, 6.07) is 4.02. The standard InChI is InChI=1S/C13H18BrNO2S/c1-16-12-4-11(14)13(17-2)3-10(12)8-18-7-9-5-15-6-9/h3-4,9,15H,5-8H2,1-2H3. The molecular formula is C13H18BrNO2S. The topological polar surface area (TPSA) is 30.5 Å². The van der Waals surface area contributed by atoms with Crippen LogP contribution in [0.4, 0.5) is 0 Å². The molecule has 1 N–H and O–H groups in total. The lowest BCUT2D eigenvalue weighted by Crippen LogP contribution is -2.43. The molecule has 0 atom stereocenters. The second kappa shape index (κ2) is 6.68. The Morgan fingerprint density at radius 2 is 2.00 bits per heavy atom. The monoisotopic (exact) mass is 331 g/mol. The van der Waals surface area contributed by atoms with Crippen LogP contribution >= 0.6 is 27.7 Å². The van der Waals surface area contributed by atoms with Crippen molar-refractivity contribution < 1.29 is 9.47 Å². The summed E-state index contributed by atoms with van der Waals surface area (Å²) in [7, 11) is 3.39. The zero-order valence-electron chi connectivity index (χ0n) is 10.7. The van der Waals surface area contributed by atoms with Crippen molar-refractivity contribution in [3.63, 3.8) is 0 Å². The minimum atomic E-state index is 0.832. The fourth-order valence-electron chi connectivity index (χ4n) is 1.84. The highest BCUT2D eigenvalue weighted by Gasteiger charge is 2.17. The molecule has 2 rings (SSSR count). The molecule has 0 spiro atoms. The molecule has 0 unspecified atom stereocenters. The minimum absolute atomic E-state index is 0.832. The van der Waals surface area contributed by atoms with Gasteiger partial charge in [-0.3, -0.25) is 0 Å². The first kappa shape index (κ1) is 14.0. The van der Waals surface area contributed by atoms with Crippen LogP contribution in [0.25, 0.3) is 0 Å². The normalized spacial score (nSPS) is 15.3. The highest BCUT2D eigenvalue weighted by molar-refractivity contribution is 9.10. The van der Waals surface area contributed by atoms with Gasteiger partial charge in [0.15, 0.2) is 0 Å². The molecule has 1 heterocycles. The van der Waals surface area contributed by atoms with Crippen LogP contribution in [0.3, 0.4) is 0 Å². The number of hydrogen-bond donors (Lipinski definition) is 1. The van der Waals surface area contributed by atoms with Crippen LogP contribution in [0.5, 0.6) is 11.5 Å². The van der Waals surface area contributed by atoms with Crippen molar-refractivity contribution in [1.29, 1.82) is 0 Å². The molecule has 0 aromatic heterocycles. The molecule has 0 bridgehead atoms. The Morgan fingerprint density at radius 1 is 1.28 bits per heavy atom. The first-order valence-electron chi connectivity index (χ1n) is 5.93. The third-order valence-corrected chi connectivity index (χ3v) is 4.87. The number of ether oxygens (including phenoxy) is 2. The van der Waals surface area contributed by atoms with E-state index in [1.807, 2.05) is 17.8 Å². The molecule has 5 heteroatoms. The number of hydrogen-bond acceptors (Lipinski definition) is 4. The number of thioether (sulfide) groups is 1. The maximum Gasteiger partial charge on any atom is 0.133 e. The SMILES string of the molecule is COc1cc(CSCC2CNC2)c(OC)cc1Br. The molecule has 0 saturated carbocycles. The van der Waals surface area contributed by atoms with Gasteiger partial charge in [-0.2, -0.15) is 11.8 Å². The molecule has 0 radical (unpaired) electrons. The summed E-state index contributed by atoms with van der Waals surface area (Å²) in [6.45, 7) is 2.32. The van der Waals surface area contributed by atoms with Gasteiger partial charge < -0.3 is 14.8 Å². The molecule has 1 aromatic carbocycles. The van der Waals surface area contributed by atoms with E-state index in [2.05, 4.69) is 27.3 Å². The summed E-state index contributed by atoms with van der Waals surface area (Å²) in [4.78, 5) is 0. The molecule has 0 aliphatic carbocycles. The van der Waals surface area contributed by atoms with Crippen LogP contribution in [0, 0.1) is 5.92 Å². The van der Waals surface area contributed by atoms with Gasteiger partial charge >= 0.3 is 0 Å². The van der Waals surface area contributed by atoms with Crippen molar-refractivity contribution in [2.24, 2.45) is 5.92 Å². The van der Waals surface area contributed by atoms with Crippen molar-refractivity contribution in [1.82, 2.24) is 5.32 Å². The van der Waals surface area contributed by atoms with Crippen LogP contribution in [-0.4, -0.2) is 33.1 Å². The number of rotatable bonds is 6. The Hall–Kier alpha value is -0.390. The highest BCUT2D eigenvalue weighted by Crippen LogP contribution is 2.34. The first-order valence-corrected chi connectivity index (χ1v) is 7.88. The quantitative estimate of drug-likeness (QED) is 0.868. The smallest absolute Gasteiger partial charge is 0.133 e. The van der Waals surface area contributed by atoms with Crippen molar-refractivity contribution in [3.8, 4) is 11.5 Å². The van der Waals surface area contributed by atoms with E-state index >= 15 is 0 Å². The molecule has 1 aromatic rings. The fourth-order valence-corrected chi connectivity index (χ4v) is 3.45. The summed E-state index contributed by atoms with van der Waals surface area (Å²) in [5.74, 6) is 4.77. The Labute approximate surface area is 121 Å². The van der Waals surface area contributed by atoms with Crippen molar-refractivity contribution in [2.75, 3.05) is 33.1 Å². The average molecular weight is 332 g/mol. The third-order valence-electron chi connectivity index (χ3n) is 3.03. The molecule has 1 aliphatic heterocycles. The summed E-state index contributed by atoms with van der Waals surface area (Å²) in [6.07, 6.45) is 0. The zero-order valence-corrected chi connectivity index (χ0v) is 13.1. The van der Waals surface area contributed by atoms with Gasteiger partial charge in [0.2, 0.25) is 0 Å². The van der Waals surface area contributed by atoms with E-state index in [1.54, 1.807) is 14.2 Å². The molecular weight excluding hydrogens is 314 g/mol. The Kier molecular flexibility index (Phi) is 5.21. The van der Waals surface area contributed by atoms with Crippen LogP contribution < -0.4 is 14.8 Å². The van der Waals surface area contributed by atoms with E-state index < -0.39 is 0 Å². The fraction of sp³-hybridized carbons (Fsp3) is 0.538. The van der Waals surface area contributed by atoms with Crippen molar-refractivity contribution >= 4 is 27.7 Å². The largest absolute Gasteiger partial charge is 0.496 e. The molecule has 0 amide bonds. The molecule has 1 aliphatic rings. The molecule has 18 heavy (non-hydrogen) atoms. The summed E-state index contributed by atoms with van der Waals surface area (Å²) in [5, 5.41) is 3.29. The Morgan fingerprint density at radius 3 is 2.56 bits per heavy atom. The predicted octanol–water partition coefficient (Wildman–Crippen LogP) is 2.92. The third kappa shape index (κ3) is 3.33. The summed E-state index contributed by atoms with van der Waals surface area (Å²) >= 11 is 5.43. The van der Waals surface area contributed by atoms with E-state index in [1.165, 1.54) is 11.3 Å². The van der Waals surface area contributed by atoms with E-state index in [4.69, 9.17) is 9.47 Å². The van der Waals surface area contributed by atoms with Crippen molar-refractivity contribution in [2.45, 2.75) is 5.75 Å². The van der Waals surface area contributed by atoms with Gasteiger partial charge in [-0.15, -0.1) is 0 Å². The number of halogens is 1. The summed E-state index contributed by atoms with van der Waals surface area (Å²) < 4.78 is 11.7. The lowest BCUT2D eigenvalue weighted by atomic mass is 10.1. The number of nitrogens with one attached hydrogen (secondary N) is 1. The zero-order chi connectivity index (χ0) is 13.0. The first-order chi connectivity index (χ1) is 8.74. The minimum Gasteiger partial charge on any atom is -0.496 e. The van der Waals surface area contributed by atoms with Crippen LogP contribution in [0.1, 0.15) is 5.56 Å². The molecule has 1 saturated heterocycles. The average Bonchev–Trinajstić information content (AvgIpc) is 2.33. The van der Waals surface area contributed by atoms with Gasteiger partial charge in [-0.05, 0) is 52.8 Å². The number of benzene rings is 1. The highest BCUT2D eigenvalue weighted by atomic mass is 79.9. The lowest BCUT2D eigenvalue weighted by Gasteiger charge is -2.26. The van der Waals surface area contributed by atoms with Crippen LogP contribution in [0.2, 0.25) is 0 Å². The van der Waals surface area contributed by atoms with Gasteiger partial charge in [0, 0.05) is 11.3 Å². The van der Waals surface area contributed by atoms with Crippen LogP contribution in [0.15, 0.2) is 16.6 Å². The van der Waals surface area contributed by atoms with Crippen molar-refractivity contribution in [3.05, 3.63) is 22.2 Å².